The molecular weight excluding hydrogens is 264 g/mol. The molecule has 3 rings (SSSR count). The molecule has 1 aromatic heterocycles. The predicted molar refractivity (Wildman–Crippen MR) is 74.5 cm³/mol. The maximum atomic E-state index is 10.1. The lowest BCUT2D eigenvalue weighted by molar-refractivity contribution is 0.157. The second-order valence-corrected chi connectivity index (χ2v) is 5.89. The standard InChI is InChI=1S/C13H19ClN4O/c1-17-5-2-3-9(8-17)18-6-4-11(19)10-7-12(14)15-16-13(10)18/h7,9,11,19H,2-6,8H2,1H3/t9-,11?/m1/s1. The highest BCUT2D eigenvalue weighted by Crippen LogP contribution is 2.35. The molecule has 1 unspecified atom stereocenters. The number of aliphatic hydroxyl groups excluding tert-OH is 1. The van der Waals surface area contributed by atoms with Crippen LogP contribution in [-0.2, 0) is 0 Å². The van der Waals surface area contributed by atoms with Gasteiger partial charge in [-0.1, -0.05) is 11.6 Å². The van der Waals surface area contributed by atoms with Crippen LogP contribution in [0.2, 0.25) is 5.15 Å². The van der Waals surface area contributed by atoms with Crippen molar-refractivity contribution >= 4 is 17.4 Å². The number of rotatable bonds is 1. The van der Waals surface area contributed by atoms with Crippen molar-refractivity contribution in [2.75, 3.05) is 31.6 Å². The zero-order valence-electron chi connectivity index (χ0n) is 11.1. The van der Waals surface area contributed by atoms with Gasteiger partial charge in [-0.2, -0.15) is 0 Å². The molecule has 0 radical (unpaired) electrons. The number of nitrogens with zero attached hydrogens (tertiary/aromatic N) is 4. The molecule has 2 aliphatic rings. The first-order valence-electron chi connectivity index (χ1n) is 6.81. The van der Waals surface area contributed by atoms with Gasteiger partial charge in [0.05, 0.1) is 6.10 Å². The molecule has 0 aliphatic carbocycles. The number of likely N-dealkylation sites (N-methyl/N-ethyl adjacent to an activating group) is 1. The summed E-state index contributed by atoms with van der Waals surface area (Å²) < 4.78 is 0. The van der Waals surface area contributed by atoms with Crippen molar-refractivity contribution in [2.45, 2.75) is 31.4 Å². The first kappa shape index (κ1) is 13.1. The van der Waals surface area contributed by atoms with Gasteiger partial charge in [-0.3, -0.25) is 0 Å². The second kappa shape index (κ2) is 5.23. The summed E-state index contributed by atoms with van der Waals surface area (Å²) >= 11 is 5.89. The van der Waals surface area contributed by atoms with Crippen LogP contribution in [-0.4, -0.2) is 52.9 Å². The van der Waals surface area contributed by atoms with E-state index in [4.69, 9.17) is 11.6 Å². The van der Waals surface area contributed by atoms with E-state index in [1.165, 1.54) is 12.8 Å². The van der Waals surface area contributed by atoms with E-state index < -0.39 is 6.10 Å². The largest absolute Gasteiger partial charge is 0.388 e. The third kappa shape index (κ3) is 2.55. The topological polar surface area (TPSA) is 52.5 Å². The Bertz CT molecular complexity index is 470. The van der Waals surface area contributed by atoms with E-state index in [0.29, 0.717) is 11.2 Å². The lowest BCUT2D eigenvalue weighted by Crippen LogP contribution is -2.49. The molecule has 104 valence electrons. The first-order valence-corrected chi connectivity index (χ1v) is 7.19. The van der Waals surface area contributed by atoms with Crippen molar-refractivity contribution in [1.82, 2.24) is 15.1 Å². The molecule has 0 aromatic carbocycles. The fraction of sp³-hybridized carbons (Fsp3) is 0.692. The number of fused-ring (bicyclic) bond motifs is 1. The molecule has 1 N–H and O–H groups in total. The van der Waals surface area contributed by atoms with E-state index >= 15 is 0 Å². The van der Waals surface area contributed by atoms with Crippen molar-refractivity contribution in [1.29, 1.82) is 0 Å². The van der Waals surface area contributed by atoms with Crippen LogP contribution >= 0.6 is 11.6 Å². The average Bonchev–Trinajstić information content (AvgIpc) is 2.40. The predicted octanol–water partition coefficient (Wildman–Crippen LogP) is 1.47. The SMILES string of the molecule is CN1CCC[C@@H](N2CCC(O)c3cc(Cl)nnc32)C1. The van der Waals surface area contributed by atoms with E-state index in [2.05, 4.69) is 27.0 Å². The average molecular weight is 283 g/mol. The molecule has 5 nitrogen and oxygen atoms in total. The molecule has 6 heteroatoms. The minimum atomic E-state index is -0.472. The molecule has 0 amide bonds. The van der Waals surface area contributed by atoms with E-state index in [1.54, 1.807) is 6.07 Å². The minimum absolute atomic E-state index is 0.348. The van der Waals surface area contributed by atoms with Crippen molar-refractivity contribution in [3.8, 4) is 0 Å². The Balaban J connectivity index is 1.90. The molecule has 0 saturated carbocycles. The van der Waals surface area contributed by atoms with Gasteiger partial charge in [-0.05, 0) is 38.9 Å². The molecule has 1 saturated heterocycles. The molecule has 2 aliphatic heterocycles. The van der Waals surface area contributed by atoms with Crippen LogP contribution in [0.4, 0.5) is 5.82 Å². The number of hydrogen-bond acceptors (Lipinski definition) is 5. The van der Waals surface area contributed by atoms with Crippen molar-refractivity contribution in [3.05, 3.63) is 16.8 Å². The van der Waals surface area contributed by atoms with Gasteiger partial charge in [0.1, 0.15) is 0 Å². The summed E-state index contributed by atoms with van der Waals surface area (Å²) in [6.45, 7) is 3.04. The number of halogens is 1. The first-order chi connectivity index (χ1) is 9.15. The van der Waals surface area contributed by atoms with Gasteiger partial charge in [-0.25, -0.2) is 0 Å². The highest BCUT2D eigenvalue weighted by atomic mass is 35.5. The Labute approximate surface area is 118 Å². The minimum Gasteiger partial charge on any atom is -0.388 e. The normalized spacial score (nSPS) is 28.3. The van der Waals surface area contributed by atoms with Crippen molar-refractivity contribution in [3.63, 3.8) is 0 Å². The number of piperidine rings is 1. The molecule has 3 heterocycles. The third-order valence-corrected chi connectivity index (χ3v) is 4.27. The van der Waals surface area contributed by atoms with Crippen LogP contribution < -0.4 is 4.90 Å². The summed E-state index contributed by atoms with van der Waals surface area (Å²) in [5.41, 5.74) is 0.819. The van der Waals surface area contributed by atoms with E-state index in [1.807, 2.05) is 0 Å². The maximum Gasteiger partial charge on any atom is 0.157 e. The summed E-state index contributed by atoms with van der Waals surface area (Å²) in [4.78, 5) is 4.64. The van der Waals surface area contributed by atoms with Gasteiger partial charge in [0.25, 0.3) is 0 Å². The van der Waals surface area contributed by atoms with Gasteiger partial charge in [0, 0.05) is 24.7 Å². The summed E-state index contributed by atoms with van der Waals surface area (Å²) in [6, 6.07) is 2.20. The smallest absolute Gasteiger partial charge is 0.157 e. The van der Waals surface area contributed by atoms with E-state index in [0.717, 1.165) is 37.4 Å². The zero-order valence-corrected chi connectivity index (χ0v) is 11.8. The maximum absolute atomic E-state index is 10.1. The highest BCUT2D eigenvalue weighted by molar-refractivity contribution is 6.29. The van der Waals surface area contributed by atoms with Gasteiger partial charge in [0.2, 0.25) is 0 Å². The quantitative estimate of drug-likeness (QED) is 0.845. The van der Waals surface area contributed by atoms with E-state index in [-0.39, 0.29) is 0 Å². The molecule has 1 fully saturated rings. The van der Waals surface area contributed by atoms with Crippen LogP contribution in [0.3, 0.4) is 0 Å². The van der Waals surface area contributed by atoms with Crippen LogP contribution in [0, 0.1) is 0 Å². The monoisotopic (exact) mass is 282 g/mol. The molecule has 2 atom stereocenters. The Morgan fingerprint density at radius 3 is 2.95 bits per heavy atom. The van der Waals surface area contributed by atoms with Crippen LogP contribution in [0.25, 0.3) is 0 Å². The summed E-state index contributed by atoms with van der Waals surface area (Å²) in [7, 11) is 2.15. The van der Waals surface area contributed by atoms with Crippen LogP contribution in [0.15, 0.2) is 6.07 Å². The number of aliphatic hydroxyl groups is 1. The number of hydrogen-bond donors (Lipinski definition) is 1. The Hall–Kier alpha value is -0.910. The van der Waals surface area contributed by atoms with Crippen molar-refractivity contribution in [2.24, 2.45) is 0 Å². The second-order valence-electron chi connectivity index (χ2n) is 5.50. The third-order valence-electron chi connectivity index (χ3n) is 4.09. The Morgan fingerprint density at radius 1 is 1.32 bits per heavy atom. The summed E-state index contributed by atoms with van der Waals surface area (Å²) in [5, 5.41) is 18.6. The number of anilines is 1. The Kier molecular flexibility index (Phi) is 3.60. The molecule has 0 bridgehead atoms. The molecule has 0 spiro atoms. The van der Waals surface area contributed by atoms with Gasteiger partial charge < -0.3 is 14.9 Å². The molecule has 1 aromatic rings. The fourth-order valence-electron chi connectivity index (χ4n) is 3.11. The van der Waals surface area contributed by atoms with Crippen LogP contribution in [0.5, 0.6) is 0 Å². The number of likely N-dealkylation sites (tertiary alicyclic amines) is 1. The Morgan fingerprint density at radius 2 is 2.16 bits per heavy atom. The molecule has 19 heavy (non-hydrogen) atoms. The van der Waals surface area contributed by atoms with Crippen LogP contribution in [0.1, 0.15) is 30.9 Å². The lowest BCUT2D eigenvalue weighted by Gasteiger charge is -2.41. The van der Waals surface area contributed by atoms with Crippen molar-refractivity contribution < 1.29 is 5.11 Å². The zero-order chi connectivity index (χ0) is 13.4. The van der Waals surface area contributed by atoms with Gasteiger partial charge in [-0.15, -0.1) is 10.2 Å². The summed E-state index contributed by atoms with van der Waals surface area (Å²) in [6.07, 6.45) is 2.64. The lowest BCUT2D eigenvalue weighted by atomic mass is 9.98. The summed E-state index contributed by atoms with van der Waals surface area (Å²) in [5.74, 6) is 0.809. The molecular formula is C13H19ClN4O. The van der Waals surface area contributed by atoms with E-state index in [9.17, 15) is 5.11 Å². The van der Waals surface area contributed by atoms with Gasteiger partial charge >= 0.3 is 0 Å². The van der Waals surface area contributed by atoms with Gasteiger partial charge in [0.15, 0.2) is 11.0 Å². The fourth-order valence-corrected chi connectivity index (χ4v) is 3.27. The highest BCUT2D eigenvalue weighted by Gasteiger charge is 2.32. The number of aromatic nitrogens is 2.